The molecule has 0 aliphatic carbocycles. The number of hydrogen-bond acceptors (Lipinski definition) is 4. The number of ketones is 1. The number of nitrogens with two attached hydrogens (primary N) is 1. The lowest BCUT2D eigenvalue weighted by atomic mass is 10.1. The summed E-state index contributed by atoms with van der Waals surface area (Å²) in [7, 11) is 0. The zero-order chi connectivity index (χ0) is 15.4. The van der Waals surface area contributed by atoms with Gasteiger partial charge in [0.05, 0.1) is 15.6 Å². The highest BCUT2D eigenvalue weighted by atomic mass is 32.1. The SMILES string of the molecule is CCc1ccc(CNc2cc(N)c(C(=O)C(C)C)s2)cc1. The number of aryl methyl sites for hydroxylation is 1. The Kier molecular flexibility index (Phi) is 5.02. The van der Waals surface area contributed by atoms with E-state index in [0.29, 0.717) is 10.6 Å². The molecule has 0 saturated carbocycles. The van der Waals surface area contributed by atoms with Crippen LogP contribution in [0, 0.1) is 5.92 Å². The number of carbonyl (C=O) groups is 1. The van der Waals surface area contributed by atoms with Crippen molar-refractivity contribution < 1.29 is 4.79 Å². The first-order chi connectivity index (χ1) is 10.0. The summed E-state index contributed by atoms with van der Waals surface area (Å²) in [4.78, 5) is 12.7. The van der Waals surface area contributed by atoms with Crippen LogP contribution in [0.4, 0.5) is 10.7 Å². The molecule has 1 aromatic carbocycles. The van der Waals surface area contributed by atoms with Crippen molar-refractivity contribution in [2.75, 3.05) is 11.1 Å². The Bertz CT molecular complexity index is 614. The monoisotopic (exact) mass is 302 g/mol. The summed E-state index contributed by atoms with van der Waals surface area (Å²) in [5.41, 5.74) is 9.06. The molecule has 0 aliphatic rings. The lowest BCUT2D eigenvalue weighted by Gasteiger charge is -2.05. The molecule has 0 spiro atoms. The summed E-state index contributed by atoms with van der Waals surface area (Å²) >= 11 is 1.44. The minimum Gasteiger partial charge on any atom is -0.397 e. The number of Topliss-reactive ketones (excluding diaryl/α,β-unsaturated/α-hetero) is 1. The number of thiophene rings is 1. The standard InChI is InChI=1S/C17H22N2OS/c1-4-12-5-7-13(8-6-12)10-19-15-9-14(18)17(21-15)16(20)11(2)3/h5-9,11,19H,4,10,18H2,1-3H3. The Morgan fingerprint density at radius 2 is 1.86 bits per heavy atom. The quantitative estimate of drug-likeness (QED) is 0.780. The smallest absolute Gasteiger partial charge is 0.177 e. The number of nitrogens with one attached hydrogen (secondary N) is 1. The summed E-state index contributed by atoms with van der Waals surface area (Å²) in [5.74, 6) is 0.0817. The predicted octanol–water partition coefficient (Wildman–Crippen LogP) is 4.34. The van der Waals surface area contributed by atoms with Gasteiger partial charge in [-0.3, -0.25) is 4.79 Å². The molecule has 3 N–H and O–H groups in total. The van der Waals surface area contributed by atoms with Gasteiger partial charge in [0.1, 0.15) is 0 Å². The fourth-order valence-corrected chi connectivity index (χ4v) is 3.09. The summed E-state index contributed by atoms with van der Waals surface area (Å²) in [6.07, 6.45) is 1.05. The maximum atomic E-state index is 12.0. The van der Waals surface area contributed by atoms with E-state index in [9.17, 15) is 4.79 Å². The Hall–Kier alpha value is -1.81. The third-order valence-corrected chi connectivity index (χ3v) is 4.53. The third-order valence-electron chi connectivity index (χ3n) is 3.41. The fourth-order valence-electron chi connectivity index (χ4n) is 2.03. The van der Waals surface area contributed by atoms with Crippen LogP contribution in [0.1, 0.15) is 41.6 Å². The highest BCUT2D eigenvalue weighted by Crippen LogP contribution is 2.31. The summed E-state index contributed by atoms with van der Waals surface area (Å²) < 4.78 is 0. The average molecular weight is 302 g/mol. The average Bonchev–Trinajstić information content (AvgIpc) is 2.85. The van der Waals surface area contributed by atoms with Gasteiger partial charge < -0.3 is 11.1 Å². The van der Waals surface area contributed by atoms with E-state index in [-0.39, 0.29) is 11.7 Å². The lowest BCUT2D eigenvalue weighted by molar-refractivity contribution is 0.0944. The molecule has 0 unspecified atom stereocenters. The number of nitrogen functional groups attached to an aromatic ring is 1. The van der Waals surface area contributed by atoms with Crippen molar-refractivity contribution in [2.24, 2.45) is 5.92 Å². The van der Waals surface area contributed by atoms with Crippen molar-refractivity contribution in [2.45, 2.75) is 33.7 Å². The van der Waals surface area contributed by atoms with Crippen molar-refractivity contribution in [1.29, 1.82) is 0 Å². The Balaban J connectivity index is 2.03. The van der Waals surface area contributed by atoms with Crippen LogP contribution < -0.4 is 11.1 Å². The predicted molar refractivity (Wildman–Crippen MR) is 91.0 cm³/mol. The van der Waals surface area contributed by atoms with E-state index in [4.69, 9.17) is 5.73 Å². The molecule has 112 valence electrons. The molecule has 0 bridgehead atoms. The van der Waals surface area contributed by atoms with Gasteiger partial charge in [0.15, 0.2) is 5.78 Å². The summed E-state index contributed by atoms with van der Waals surface area (Å²) in [5, 5.41) is 4.28. The normalized spacial score (nSPS) is 10.9. The first kappa shape index (κ1) is 15.6. The topological polar surface area (TPSA) is 55.1 Å². The second kappa shape index (κ2) is 6.76. The molecule has 0 saturated heterocycles. The second-order valence-electron chi connectivity index (χ2n) is 5.44. The highest BCUT2D eigenvalue weighted by Gasteiger charge is 2.17. The molecule has 0 amide bonds. The maximum Gasteiger partial charge on any atom is 0.177 e. The lowest BCUT2D eigenvalue weighted by Crippen LogP contribution is -2.07. The second-order valence-corrected chi connectivity index (χ2v) is 6.49. The van der Waals surface area contributed by atoms with Crippen molar-refractivity contribution in [1.82, 2.24) is 0 Å². The molecule has 4 heteroatoms. The van der Waals surface area contributed by atoms with Crippen LogP contribution in [0.25, 0.3) is 0 Å². The van der Waals surface area contributed by atoms with Crippen LogP contribution in [0.15, 0.2) is 30.3 Å². The van der Waals surface area contributed by atoms with Gasteiger partial charge in [-0.1, -0.05) is 45.0 Å². The molecule has 2 rings (SSSR count). The Morgan fingerprint density at radius 1 is 1.24 bits per heavy atom. The van der Waals surface area contributed by atoms with E-state index < -0.39 is 0 Å². The molecule has 21 heavy (non-hydrogen) atoms. The molecule has 0 radical (unpaired) electrons. The van der Waals surface area contributed by atoms with Crippen molar-refractivity contribution in [3.63, 3.8) is 0 Å². The minimum atomic E-state index is -0.0274. The molecule has 0 fully saturated rings. The van der Waals surface area contributed by atoms with Gasteiger partial charge in [-0.15, -0.1) is 11.3 Å². The van der Waals surface area contributed by atoms with Crippen LogP contribution >= 0.6 is 11.3 Å². The summed E-state index contributed by atoms with van der Waals surface area (Å²) in [6.45, 7) is 6.67. The molecule has 1 heterocycles. The van der Waals surface area contributed by atoms with Crippen molar-refractivity contribution in [3.8, 4) is 0 Å². The van der Waals surface area contributed by atoms with Gasteiger partial charge in [-0.05, 0) is 23.6 Å². The van der Waals surface area contributed by atoms with Gasteiger partial charge in [0, 0.05) is 12.5 Å². The fraction of sp³-hybridized carbons (Fsp3) is 0.353. The number of carbonyl (C=O) groups excluding carboxylic acids is 1. The number of benzene rings is 1. The molecule has 0 atom stereocenters. The molecular weight excluding hydrogens is 280 g/mol. The zero-order valence-electron chi connectivity index (χ0n) is 12.8. The van der Waals surface area contributed by atoms with E-state index >= 15 is 0 Å². The maximum absolute atomic E-state index is 12.0. The summed E-state index contributed by atoms with van der Waals surface area (Å²) in [6, 6.07) is 10.4. The Labute approximate surface area is 130 Å². The number of rotatable bonds is 6. The molecule has 0 aliphatic heterocycles. The minimum absolute atomic E-state index is 0.0274. The van der Waals surface area contributed by atoms with Gasteiger partial charge in [0.25, 0.3) is 0 Å². The van der Waals surface area contributed by atoms with Crippen molar-refractivity contribution >= 4 is 27.8 Å². The van der Waals surface area contributed by atoms with Crippen LogP contribution in [-0.2, 0) is 13.0 Å². The van der Waals surface area contributed by atoms with E-state index in [1.54, 1.807) is 0 Å². The Morgan fingerprint density at radius 3 is 2.43 bits per heavy atom. The number of anilines is 2. The van der Waals surface area contributed by atoms with Gasteiger partial charge >= 0.3 is 0 Å². The first-order valence-corrected chi connectivity index (χ1v) is 8.08. The van der Waals surface area contributed by atoms with E-state index in [2.05, 4.69) is 36.5 Å². The first-order valence-electron chi connectivity index (χ1n) is 7.26. The third kappa shape index (κ3) is 3.85. The van der Waals surface area contributed by atoms with E-state index in [1.165, 1.54) is 22.5 Å². The van der Waals surface area contributed by atoms with Gasteiger partial charge in [-0.2, -0.15) is 0 Å². The molecular formula is C17H22N2OS. The van der Waals surface area contributed by atoms with E-state index in [1.807, 2.05) is 19.9 Å². The van der Waals surface area contributed by atoms with Crippen LogP contribution in [0.3, 0.4) is 0 Å². The molecule has 3 nitrogen and oxygen atoms in total. The molecule has 2 aromatic rings. The zero-order valence-corrected chi connectivity index (χ0v) is 13.6. The van der Waals surface area contributed by atoms with E-state index in [0.717, 1.165) is 18.0 Å². The van der Waals surface area contributed by atoms with Crippen molar-refractivity contribution in [3.05, 3.63) is 46.3 Å². The van der Waals surface area contributed by atoms with Gasteiger partial charge in [-0.25, -0.2) is 0 Å². The van der Waals surface area contributed by atoms with Crippen LogP contribution in [-0.4, -0.2) is 5.78 Å². The van der Waals surface area contributed by atoms with Crippen LogP contribution in [0.5, 0.6) is 0 Å². The largest absolute Gasteiger partial charge is 0.397 e. The highest BCUT2D eigenvalue weighted by molar-refractivity contribution is 7.18. The van der Waals surface area contributed by atoms with Crippen LogP contribution in [0.2, 0.25) is 0 Å². The van der Waals surface area contributed by atoms with Gasteiger partial charge in [0.2, 0.25) is 0 Å². The number of hydrogen-bond donors (Lipinski definition) is 2. The molecule has 1 aromatic heterocycles.